The SMILES string of the molecule is C/C=C/CCOc1ccc[c]c1F. The summed E-state index contributed by atoms with van der Waals surface area (Å²) in [7, 11) is 0. The van der Waals surface area contributed by atoms with E-state index in [-0.39, 0.29) is 5.75 Å². The maximum atomic E-state index is 12.9. The molecule has 1 radical (unpaired) electrons. The van der Waals surface area contributed by atoms with Crippen LogP contribution in [0.15, 0.2) is 30.4 Å². The van der Waals surface area contributed by atoms with Crippen LogP contribution in [0.4, 0.5) is 4.39 Å². The van der Waals surface area contributed by atoms with Gasteiger partial charge in [0.15, 0.2) is 11.6 Å². The number of rotatable bonds is 4. The molecule has 0 aliphatic heterocycles. The van der Waals surface area contributed by atoms with Gasteiger partial charge in [0.25, 0.3) is 0 Å². The highest BCUT2D eigenvalue weighted by atomic mass is 19.1. The minimum absolute atomic E-state index is 0.270. The van der Waals surface area contributed by atoms with Gasteiger partial charge < -0.3 is 4.74 Å². The van der Waals surface area contributed by atoms with Crippen LogP contribution in [-0.4, -0.2) is 6.61 Å². The molecule has 0 unspecified atom stereocenters. The molecule has 0 N–H and O–H groups in total. The van der Waals surface area contributed by atoms with Gasteiger partial charge in [-0.2, -0.15) is 0 Å². The summed E-state index contributed by atoms with van der Waals surface area (Å²) >= 11 is 0. The van der Waals surface area contributed by atoms with Gasteiger partial charge in [-0.1, -0.05) is 24.3 Å². The van der Waals surface area contributed by atoms with E-state index in [1.165, 1.54) is 6.07 Å². The second kappa shape index (κ2) is 5.36. The van der Waals surface area contributed by atoms with Crippen LogP contribution in [0.5, 0.6) is 5.75 Å². The Morgan fingerprint density at radius 2 is 2.46 bits per heavy atom. The average molecular weight is 179 g/mol. The van der Waals surface area contributed by atoms with Crippen molar-refractivity contribution in [3.05, 3.63) is 42.2 Å². The summed E-state index contributed by atoms with van der Waals surface area (Å²) in [6.07, 6.45) is 4.71. The quantitative estimate of drug-likeness (QED) is 0.510. The fraction of sp³-hybridized carbons (Fsp3) is 0.273. The van der Waals surface area contributed by atoms with E-state index in [0.717, 1.165) is 6.42 Å². The summed E-state index contributed by atoms with van der Waals surface area (Å²) in [5.41, 5.74) is 0. The van der Waals surface area contributed by atoms with E-state index >= 15 is 0 Å². The van der Waals surface area contributed by atoms with Crippen LogP contribution in [0.25, 0.3) is 0 Å². The van der Waals surface area contributed by atoms with Crippen molar-refractivity contribution in [2.24, 2.45) is 0 Å². The van der Waals surface area contributed by atoms with Gasteiger partial charge in [-0.15, -0.1) is 0 Å². The van der Waals surface area contributed by atoms with Gasteiger partial charge in [-0.05, 0) is 19.4 Å². The first-order valence-corrected chi connectivity index (χ1v) is 4.24. The third-order valence-corrected chi connectivity index (χ3v) is 1.55. The van der Waals surface area contributed by atoms with Crippen molar-refractivity contribution in [3.63, 3.8) is 0 Å². The molecule has 0 aliphatic carbocycles. The Morgan fingerprint density at radius 1 is 1.62 bits per heavy atom. The molecule has 0 heterocycles. The zero-order chi connectivity index (χ0) is 9.52. The fourth-order valence-electron chi connectivity index (χ4n) is 0.916. The smallest absolute Gasteiger partial charge is 0.172 e. The number of allylic oxidation sites excluding steroid dienone is 1. The van der Waals surface area contributed by atoms with E-state index < -0.39 is 5.82 Å². The standard InChI is InChI=1S/C11H12FO/c1-2-3-6-9-13-11-8-5-4-7-10(11)12/h2-5,8H,6,9H2,1H3/b3-2+. The van der Waals surface area contributed by atoms with Crippen molar-refractivity contribution < 1.29 is 9.13 Å². The van der Waals surface area contributed by atoms with Gasteiger partial charge in [0.1, 0.15) is 0 Å². The van der Waals surface area contributed by atoms with Crippen molar-refractivity contribution in [2.75, 3.05) is 6.61 Å². The Balaban J connectivity index is 2.41. The zero-order valence-electron chi connectivity index (χ0n) is 7.59. The highest BCUT2D eigenvalue weighted by Gasteiger charge is 1.99. The van der Waals surface area contributed by atoms with E-state index in [1.807, 2.05) is 19.1 Å². The maximum absolute atomic E-state index is 12.9. The second-order valence-electron chi connectivity index (χ2n) is 2.55. The molecule has 1 aromatic rings. The molecule has 13 heavy (non-hydrogen) atoms. The minimum atomic E-state index is -0.428. The minimum Gasteiger partial charge on any atom is -0.490 e. The van der Waals surface area contributed by atoms with E-state index in [2.05, 4.69) is 6.07 Å². The number of benzene rings is 1. The van der Waals surface area contributed by atoms with Gasteiger partial charge >= 0.3 is 0 Å². The molecule has 1 aromatic carbocycles. The molecular formula is C11H12FO. The number of halogens is 1. The molecule has 0 aliphatic rings. The third-order valence-electron chi connectivity index (χ3n) is 1.55. The zero-order valence-corrected chi connectivity index (χ0v) is 7.59. The summed E-state index contributed by atoms with van der Waals surface area (Å²) in [6.45, 7) is 2.44. The topological polar surface area (TPSA) is 9.23 Å². The normalized spacial score (nSPS) is 10.6. The van der Waals surface area contributed by atoms with E-state index in [1.54, 1.807) is 12.1 Å². The molecule has 0 saturated heterocycles. The summed E-state index contributed by atoms with van der Waals surface area (Å²) < 4.78 is 18.1. The van der Waals surface area contributed by atoms with Crippen molar-refractivity contribution in [2.45, 2.75) is 13.3 Å². The highest BCUT2D eigenvalue weighted by Crippen LogP contribution is 2.14. The third kappa shape index (κ3) is 3.28. The lowest BCUT2D eigenvalue weighted by atomic mass is 10.3. The Labute approximate surface area is 77.8 Å². The fourth-order valence-corrected chi connectivity index (χ4v) is 0.916. The predicted molar refractivity (Wildman–Crippen MR) is 50.2 cm³/mol. The molecule has 1 rings (SSSR count). The van der Waals surface area contributed by atoms with Crippen LogP contribution in [0.2, 0.25) is 0 Å². The molecule has 0 atom stereocenters. The summed E-state index contributed by atoms with van der Waals surface area (Å²) in [5, 5.41) is 0. The Kier molecular flexibility index (Phi) is 4.03. The molecule has 69 valence electrons. The van der Waals surface area contributed by atoms with Gasteiger partial charge in [-0.25, -0.2) is 4.39 Å². The van der Waals surface area contributed by atoms with Crippen LogP contribution in [0.1, 0.15) is 13.3 Å². The van der Waals surface area contributed by atoms with Crippen molar-refractivity contribution in [1.29, 1.82) is 0 Å². The van der Waals surface area contributed by atoms with E-state index in [0.29, 0.717) is 6.61 Å². The summed E-state index contributed by atoms with van der Waals surface area (Å²) in [4.78, 5) is 0. The van der Waals surface area contributed by atoms with Crippen LogP contribution in [0.3, 0.4) is 0 Å². The molecule has 2 heteroatoms. The number of hydrogen-bond donors (Lipinski definition) is 0. The van der Waals surface area contributed by atoms with Crippen LogP contribution < -0.4 is 4.74 Å². The van der Waals surface area contributed by atoms with Crippen molar-refractivity contribution >= 4 is 0 Å². The monoisotopic (exact) mass is 179 g/mol. The maximum Gasteiger partial charge on any atom is 0.172 e. The van der Waals surface area contributed by atoms with Gasteiger partial charge in [0.05, 0.1) is 6.61 Å². The first-order valence-electron chi connectivity index (χ1n) is 4.24. The Hall–Kier alpha value is -1.31. The number of ether oxygens (including phenoxy) is 1. The predicted octanol–water partition coefficient (Wildman–Crippen LogP) is 2.97. The lowest BCUT2D eigenvalue weighted by Gasteiger charge is -2.04. The Morgan fingerprint density at radius 3 is 3.15 bits per heavy atom. The molecule has 0 aromatic heterocycles. The summed E-state index contributed by atoms with van der Waals surface area (Å²) in [6, 6.07) is 7.25. The Bertz CT molecular complexity index is 281. The van der Waals surface area contributed by atoms with Crippen LogP contribution >= 0.6 is 0 Å². The molecular weight excluding hydrogens is 167 g/mol. The summed E-state index contributed by atoms with van der Waals surface area (Å²) in [5.74, 6) is -0.157. The van der Waals surface area contributed by atoms with Crippen LogP contribution in [0, 0.1) is 11.9 Å². The number of hydrogen-bond acceptors (Lipinski definition) is 1. The first-order chi connectivity index (χ1) is 6.34. The van der Waals surface area contributed by atoms with Crippen LogP contribution in [-0.2, 0) is 0 Å². The van der Waals surface area contributed by atoms with Gasteiger partial charge in [0.2, 0.25) is 0 Å². The van der Waals surface area contributed by atoms with Gasteiger partial charge in [0, 0.05) is 6.07 Å². The molecule has 1 nitrogen and oxygen atoms in total. The lowest BCUT2D eigenvalue weighted by Crippen LogP contribution is -1.97. The molecule has 0 amide bonds. The highest BCUT2D eigenvalue weighted by molar-refractivity contribution is 5.22. The van der Waals surface area contributed by atoms with Crippen molar-refractivity contribution in [3.8, 4) is 5.75 Å². The molecule has 0 fully saturated rings. The second-order valence-corrected chi connectivity index (χ2v) is 2.55. The molecule has 0 saturated carbocycles. The molecule has 0 bridgehead atoms. The van der Waals surface area contributed by atoms with E-state index in [9.17, 15) is 4.39 Å². The van der Waals surface area contributed by atoms with E-state index in [4.69, 9.17) is 4.74 Å². The van der Waals surface area contributed by atoms with Crippen molar-refractivity contribution in [1.82, 2.24) is 0 Å². The molecule has 0 spiro atoms. The first kappa shape index (κ1) is 9.78. The van der Waals surface area contributed by atoms with Gasteiger partial charge in [-0.3, -0.25) is 0 Å². The average Bonchev–Trinajstić information content (AvgIpc) is 2.15. The largest absolute Gasteiger partial charge is 0.490 e. The lowest BCUT2D eigenvalue weighted by molar-refractivity contribution is 0.307.